The molecule has 0 atom stereocenters. The van der Waals surface area contributed by atoms with Crippen LogP contribution >= 0.6 is 0 Å². The highest BCUT2D eigenvalue weighted by atomic mass is 16.4. The van der Waals surface area contributed by atoms with Gasteiger partial charge in [0.2, 0.25) is 0 Å². The van der Waals surface area contributed by atoms with Crippen LogP contribution in [0.25, 0.3) is 0 Å². The molecule has 5 nitrogen and oxygen atoms in total. The quantitative estimate of drug-likeness (QED) is 0.416. The van der Waals surface area contributed by atoms with Gasteiger partial charge >= 0.3 is 5.97 Å². The molecule has 0 saturated carbocycles. The van der Waals surface area contributed by atoms with E-state index in [4.69, 9.17) is 20.1 Å². The Bertz CT molecular complexity index is 112. The number of rotatable bonds is 5. The summed E-state index contributed by atoms with van der Waals surface area (Å²) in [7, 11) is 0. The Labute approximate surface area is 70.6 Å². The van der Waals surface area contributed by atoms with Gasteiger partial charge in [0, 0.05) is 13.0 Å². The summed E-state index contributed by atoms with van der Waals surface area (Å²) in [5.41, 5.74) is 0. The van der Waals surface area contributed by atoms with Gasteiger partial charge in [0.15, 0.2) is 0 Å². The molecule has 0 aromatic carbocycles. The molecule has 72 valence electrons. The number of aliphatic hydroxyl groups excluding tert-OH is 1. The third-order valence-electron chi connectivity index (χ3n) is 1.05. The van der Waals surface area contributed by atoms with Crippen LogP contribution in [0.5, 0.6) is 0 Å². The zero-order valence-corrected chi connectivity index (χ0v) is 6.77. The van der Waals surface area contributed by atoms with Crippen molar-refractivity contribution in [3.8, 4) is 0 Å². The molecule has 0 aliphatic heterocycles. The molecule has 5 heteroatoms. The molecule has 12 heavy (non-hydrogen) atoms. The summed E-state index contributed by atoms with van der Waals surface area (Å²) in [5.74, 6) is -0.757. The first-order valence-electron chi connectivity index (χ1n) is 3.59. The fourth-order valence-corrected chi connectivity index (χ4v) is 0.565. The van der Waals surface area contributed by atoms with Gasteiger partial charge in [-0.15, -0.1) is 0 Å². The SMILES string of the molecule is O=C(O)CCCCCO.O=CO. The van der Waals surface area contributed by atoms with Crippen LogP contribution in [0.4, 0.5) is 0 Å². The molecule has 3 N–H and O–H groups in total. The summed E-state index contributed by atoms with van der Waals surface area (Å²) in [5, 5.41) is 23.3. The summed E-state index contributed by atoms with van der Waals surface area (Å²) in [4.78, 5) is 18.3. The van der Waals surface area contributed by atoms with Crippen molar-refractivity contribution in [2.24, 2.45) is 0 Å². The van der Waals surface area contributed by atoms with E-state index in [9.17, 15) is 4.79 Å². The summed E-state index contributed by atoms with van der Waals surface area (Å²) in [6, 6.07) is 0. The van der Waals surface area contributed by atoms with Crippen molar-refractivity contribution in [3.63, 3.8) is 0 Å². The maximum Gasteiger partial charge on any atom is 0.303 e. The van der Waals surface area contributed by atoms with E-state index in [-0.39, 0.29) is 19.5 Å². The van der Waals surface area contributed by atoms with Gasteiger partial charge in [-0.25, -0.2) is 0 Å². The summed E-state index contributed by atoms with van der Waals surface area (Å²) < 4.78 is 0. The molecule has 0 aromatic heterocycles. The highest BCUT2D eigenvalue weighted by molar-refractivity contribution is 5.66. The normalized spacial score (nSPS) is 8.08. The lowest BCUT2D eigenvalue weighted by atomic mass is 10.2. The van der Waals surface area contributed by atoms with Crippen molar-refractivity contribution < 1.29 is 24.9 Å². The maximum atomic E-state index is 9.90. The topological polar surface area (TPSA) is 94.8 Å². The fourth-order valence-electron chi connectivity index (χ4n) is 0.565. The first-order valence-corrected chi connectivity index (χ1v) is 3.59. The van der Waals surface area contributed by atoms with Crippen LogP contribution in [0.2, 0.25) is 0 Å². The molecule has 0 heterocycles. The predicted molar refractivity (Wildman–Crippen MR) is 41.9 cm³/mol. The van der Waals surface area contributed by atoms with Crippen LogP contribution < -0.4 is 0 Å². The van der Waals surface area contributed by atoms with E-state index in [2.05, 4.69) is 0 Å². The average Bonchev–Trinajstić information content (AvgIpc) is 1.99. The Morgan fingerprint density at radius 1 is 1.25 bits per heavy atom. The van der Waals surface area contributed by atoms with Gasteiger partial charge in [0.05, 0.1) is 0 Å². The minimum atomic E-state index is -0.757. The largest absolute Gasteiger partial charge is 0.483 e. The van der Waals surface area contributed by atoms with Crippen LogP contribution in [0.15, 0.2) is 0 Å². The Balaban J connectivity index is 0. The molecule has 0 bridgehead atoms. The fraction of sp³-hybridized carbons (Fsp3) is 0.714. The van der Waals surface area contributed by atoms with Crippen molar-refractivity contribution in [2.75, 3.05) is 6.61 Å². The van der Waals surface area contributed by atoms with Crippen molar-refractivity contribution >= 4 is 12.4 Å². The monoisotopic (exact) mass is 178 g/mol. The number of hydrogen-bond donors (Lipinski definition) is 3. The smallest absolute Gasteiger partial charge is 0.303 e. The van der Waals surface area contributed by atoms with Crippen molar-refractivity contribution in [2.45, 2.75) is 25.7 Å². The molecule has 0 spiro atoms. The molecular formula is C7H14O5. The number of unbranched alkanes of at least 4 members (excludes halogenated alkanes) is 2. The van der Waals surface area contributed by atoms with E-state index >= 15 is 0 Å². The zero-order chi connectivity index (χ0) is 9.82. The highest BCUT2D eigenvalue weighted by Crippen LogP contribution is 1.97. The number of hydrogen-bond acceptors (Lipinski definition) is 3. The molecule has 0 saturated heterocycles. The molecule has 0 aromatic rings. The second kappa shape index (κ2) is 12.6. The number of carboxylic acids is 1. The van der Waals surface area contributed by atoms with Gasteiger partial charge in [-0.3, -0.25) is 9.59 Å². The summed E-state index contributed by atoms with van der Waals surface area (Å²) in [6.07, 6.45) is 2.42. The number of aliphatic carboxylic acids is 1. The van der Waals surface area contributed by atoms with E-state index in [1.807, 2.05) is 0 Å². The van der Waals surface area contributed by atoms with Gasteiger partial charge < -0.3 is 15.3 Å². The lowest BCUT2D eigenvalue weighted by molar-refractivity contribution is -0.137. The number of carbonyl (C=O) groups is 2. The molecule has 0 fully saturated rings. The average molecular weight is 178 g/mol. The lowest BCUT2D eigenvalue weighted by Gasteiger charge is -1.92. The third-order valence-corrected chi connectivity index (χ3v) is 1.05. The Hall–Kier alpha value is -1.10. The molecule has 0 radical (unpaired) electrons. The second-order valence-electron chi connectivity index (χ2n) is 2.03. The van der Waals surface area contributed by atoms with E-state index in [1.54, 1.807) is 0 Å². The highest BCUT2D eigenvalue weighted by Gasteiger charge is 1.94. The summed E-state index contributed by atoms with van der Waals surface area (Å²) >= 11 is 0. The standard InChI is InChI=1S/C6H12O3.CH2O2/c7-5-3-1-2-4-6(8)9;2-1-3/h7H,1-5H2,(H,8,9);1H,(H,2,3). The number of aliphatic hydroxyl groups is 1. The molecule has 0 rings (SSSR count). The van der Waals surface area contributed by atoms with E-state index in [0.717, 1.165) is 6.42 Å². The first kappa shape index (κ1) is 13.5. The third kappa shape index (κ3) is 23.1. The van der Waals surface area contributed by atoms with Crippen molar-refractivity contribution in [1.82, 2.24) is 0 Å². The predicted octanol–water partition coefficient (Wildman–Crippen LogP) is 0.325. The van der Waals surface area contributed by atoms with Gasteiger partial charge in [-0.2, -0.15) is 0 Å². The first-order chi connectivity index (χ1) is 5.68. The molecule has 0 aliphatic carbocycles. The molecular weight excluding hydrogens is 164 g/mol. The van der Waals surface area contributed by atoms with E-state index in [1.165, 1.54) is 0 Å². The van der Waals surface area contributed by atoms with Crippen molar-refractivity contribution in [3.05, 3.63) is 0 Å². The molecule has 0 amide bonds. The van der Waals surface area contributed by atoms with Crippen LogP contribution in [0.1, 0.15) is 25.7 Å². The molecule has 0 aliphatic rings. The van der Waals surface area contributed by atoms with Crippen LogP contribution in [0.3, 0.4) is 0 Å². The van der Waals surface area contributed by atoms with Crippen molar-refractivity contribution in [1.29, 1.82) is 0 Å². The van der Waals surface area contributed by atoms with Crippen LogP contribution in [-0.4, -0.2) is 34.4 Å². The van der Waals surface area contributed by atoms with Crippen LogP contribution in [-0.2, 0) is 9.59 Å². The maximum absolute atomic E-state index is 9.90. The van der Waals surface area contributed by atoms with Gasteiger partial charge in [0.25, 0.3) is 6.47 Å². The van der Waals surface area contributed by atoms with Gasteiger partial charge in [-0.1, -0.05) is 6.42 Å². The Kier molecular flexibility index (Phi) is 14.1. The Morgan fingerprint density at radius 2 is 1.75 bits per heavy atom. The molecule has 0 unspecified atom stereocenters. The Morgan fingerprint density at radius 3 is 2.08 bits per heavy atom. The minimum absolute atomic E-state index is 0.166. The lowest BCUT2D eigenvalue weighted by Crippen LogP contribution is -1.94. The van der Waals surface area contributed by atoms with Gasteiger partial charge in [-0.05, 0) is 12.8 Å². The van der Waals surface area contributed by atoms with E-state index in [0.29, 0.717) is 12.8 Å². The summed E-state index contributed by atoms with van der Waals surface area (Å²) in [6.45, 7) is -0.0837. The minimum Gasteiger partial charge on any atom is -0.483 e. The van der Waals surface area contributed by atoms with Gasteiger partial charge in [0.1, 0.15) is 0 Å². The zero-order valence-electron chi connectivity index (χ0n) is 6.77. The van der Waals surface area contributed by atoms with E-state index < -0.39 is 5.97 Å². The number of carboxylic acid groups (broad SMARTS) is 2. The van der Waals surface area contributed by atoms with Crippen LogP contribution in [0, 0.1) is 0 Å². The second-order valence-corrected chi connectivity index (χ2v) is 2.03.